The highest BCUT2D eigenvalue weighted by Gasteiger charge is 2.24. The van der Waals surface area contributed by atoms with Crippen LogP contribution in [0, 0.1) is 5.82 Å². The van der Waals surface area contributed by atoms with Gasteiger partial charge in [-0.15, -0.1) is 0 Å². The first-order valence-electron chi connectivity index (χ1n) is 5.82. The van der Waals surface area contributed by atoms with Crippen molar-refractivity contribution in [3.63, 3.8) is 0 Å². The Labute approximate surface area is 125 Å². The molecule has 20 heavy (non-hydrogen) atoms. The van der Waals surface area contributed by atoms with Gasteiger partial charge in [0.15, 0.2) is 0 Å². The summed E-state index contributed by atoms with van der Waals surface area (Å²) in [6.45, 7) is 5.49. The van der Waals surface area contributed by atoms with Crippen molar-refractivity contribution >= 4 is 31.9 Å². The van der Waals surface area contributed by atoms with Crippen molar-refractivity contribution in [1.29, 1.82) is 0 Å². The number of carbonyl (C=O) groups excluding carboxylic acids is 1. The number of primary sulfonamides is 1. The summed E-state index contributed by atoms with van der Waals surface area (Å²) in [5.74, 6) is -1.43. The lowest BCUT2D eigenvalue weighted by atomic mass is 10.0. The highest BCUT2D eigenvalue weighted by Crippen LogP contribution is 2.27. The zero-order valence-electron chi connectivity index (χ0n) is 11.3. The Kier molecular flexibility index (Phi) is 4.94. The third-order valence-electron chi connectivity index (χ3n) is 2.89. The molecule has 0 spiro atoms. The predicted octanol–water partition coefficient (Wildman–Crippen LogP) is 2.15. The summed E-state index contributed by atoms with van der Waals surface area (Å²) < 4.78 is 36.2. The highest BCUT2D eigenvalue weighted by molar-refractivity contribution is 9.10. The lowest BCUT2D eigenvalue weighted by molar-refractivity contribution is 0.0909. The van der Waals surface area contributed by atoms with Crippen LogP contribution in [0.15, 0.2) is 21.5 Å². The topological polar surface area (TPSA) is 89.3 Å². The zero-order valence-corrected chi connectivity index (χ0v) is 13.7. The van der Waals surface area contributed by atoms with E-state index in [0.717, 1.165) is 12.1 Å². The molecule has 3 N–H and O–H groups in total. The molecule has 0 fully saturated rings. The summed E-state index contributed by atoms with van der Waals surface area (Å²) in [6.07, 6.45) is 0.660. The molecule has 0 aliphatic rings. The van der Waals surface area contributed by atoms with Crippen LogP contribution in [0.25, 0.3) is 0 Å². The van der Waals surface area contributed by atoms with Gasteiger partial charge in [0.25, 0.3) is 5.91 Å². The van der Waals surface area contributed by atoms with Crippen LogP contribution in [0.4, 0.5) is 4.39 Å². The second kappa shape index (κ2) is 5.79. The summed E-state index contributed by atoms with van der Waals surface area (Å²) in [4.78, 5) is 11.7. The fourth-order valence-corrected chi connectivity index (χ4v) is 3.12. The number of rotatable bonds is 4. The third kappa shape index (κ3) is 4.00. The van der Waals surface area contributed by atoms with Crippen molar-refractivity contribution in [2.24, 2.45) is 5.14 Å². The second-order valence-corrected chi connectivity index (χ2v) is 7.32. The van der Waals surface area contributed by atoms with E-state index in [9.17, 15) is 17.6 Å². The minimum atomic E-state index is -4.13. The summed E-state index contributed by atoms with van der Waals surface area (Å²) in [5, 5.41) is 7.69. The van der Waals surface area contributed by atoms with Crippen LogP contribution in [0.5, 0.6) is 0 Å². The number of carbonyl (C=O) groups is 1. The normalized spacial score (nSPS) is 12.3. The van der Waals surface area contributed by atoms with Crippen LogP contribution in [0.3, 0.4) is 0 Å². The van der Waals surface area contributed by atoms with E-state index in [-0.39, 0.29) is 10.0 Å². The SMILES string of the molecule is CCC(C)(C)NC(=O)c1cc(F)cc(S(N)(=O)=O)c1Br. The molecule has 1 aromatic rings. The van der Waals surface area contributed by atoms with E-state index >= 15 is 0 Å². The van der Waals surface area contributed by atoms with Gasteiger partial charge in [0.1, 0.15) is 5.82 Å². The van der Waals surface area contributed by atoms with Crippen molar-refractivity contribution < 1.29 is 17.6 Å². The van der Waals surface area contributed by atoms with Crippen LogP contribution in [0.2, 0.25) is 0 Å². The van der Waals surface area contributed by atoms with E-state index in [1.807, 2.05) is 6.92 Å². The average molecular weight is 367 g/mol. The number of hydrogen-bond donors (Lipinski definition) is 2. The molecule has 0 radical (unpaired) electrons. The van der Waals surface area contributed by atoms with Crippen LogP contribution in [0.1, 0.15) is 37.6 Å². The number of nitrogens with two attached hydrogens (primary N) is 1. The molecule has 1 rings (SSSR count). The van der Waals surface area contributed by atoms with Gasteiger partial charge in [-0.3, -0.25) is 4.79 Å². The largest absolute Gasteiger partial charge is 0.347 e. The molecular weight excluding hydrogens is 351 g/mol. The van der Waals surface area contributed by atoms with E-state index < -0.39 is 32.2 Å². The molecule has 0 unspecified atom stereocenters. The molecule has 0 aliphatic heterocycles. The summed E-state index contributed by atoms with van der Waals surface area (Å²) in [6, 6.07) is 1.72. The van der Waals surface area contributed by atoms with E-state index in [1.54, 1.807) is 13.8 Å². The van der Waals surface area contributed by atoms with Crippen molar-refractivity contribution in [2.75, 3.05) is 0 Å². The van der Waals surface area contributed by atoms with Crippen molar-refractivity contribution in [3.05, 3.63) is 28.0 Å². The molecule has 8 heteroatoms. The Balaban J connectivity index is 3.33. The van der Waals surface area contributed by atoms with Gasteiger partial charge in [0.05, 0.1) is 14.9 Å². The Hall–Kier alpha value is -0.990. The predicted molar refractivity (Wildman–Crippen MR) is 77.3 cm³/mol. The Bertz CT molecular complexity index is 644. The molecule has 0 bridgehead atoms. The van der Waals surface area contributed by atoms with E-state index in [4.69, 9.17) is 5.14 Å². The van der Waals surface area contributed by atoms with E-state index in [1.165, 1.54) is 0 Å². The molecule has 112 valence electrons. The van der Waals surface area contributed by atoms with Gasteiger partial charge in [0.2, 0.25) is 10.0 Å². The maximum Gasteiger partial charge on any atom is 0.252 e. The lowest BCUT2D eigenvalue weighted by Crippen LogP contribution is -2.43. The van der Waals surface area contributed by atoms with Gasteiger partial charge in [-0.25, -0.2) is 17.9 Å². The fourth-order valence-electron chi connectivity index (χ4n) is 1.40. The number of halogens is 2. The van der Waals surface area contributed by atoms with Crippen molar-refractivity contribution in [1.82, 2.24) is 5.32 Å². The quantitative estimate of drug-likeness (QED) is 0.855. The highest BCUT2D eigenvalue weighted by atomic mass is 79.9. The first kappa shape index (κ1) is 17.1. The standard InChI is InChI=1S/C12H16BrFN2O3S/c1-4-12(2,3)16-11(17)8-5-7(14)6-9(10(8)13)20(15,18)19/h5-6H,4H2,1-3H3,(H,16,17)(H2,15,18,19). The fraction of sp³-hybridized carbons (Fsp3) is 0.417. The van der Waals surface area contributed by atoms with Crippen molar-refractivity contribution in [2.45, 2.75) is 37.6 Å². The molecule has 0 atom stereocenters. The molecule has 5 nitrogen and oxygen atoms in total. The van der Waals surface area contributed by atoms with Gasteiger partial charge in [0, 0.05) is 5.54 Å². The monoisotopic (exact) mass is 366 g/mol. The molecule has 0 aromatic heterocycles. The van der Waals surface area contributed by atoms with Gasteiger partial charge >= 0.3 is 0 Å². The molecule has 0 aliphatic carbocycles. The second-order valence-electron chi connectivity index (χ2n) is 5.00. The van der Waals surface area contributed by atoms with Gasteiger partial charge < -0.3 is 5.32 Å². The number of benzene rings is 1. The summed E-state index contributed by atoms with van der Waals surface area (Å²) in [7, 11) is -4.13. The summed E-state index contributed by atoms with van der Waals surface area (Å²) in [5.41, 5.74) is -0.611. The minimum absolute atomic E-state index is 0.0502. The van der Waals surface area contributed by atoms with Crippen LogP contribution in [-0.2, 0) is 10.0 Å². The number of amides is 1. The maximum atomic E-state index is 13.5. The number of nitrogens with one attached hydrogen (secondary N) is 1. The molecule has 1 aromatic carbocycles. The molecule has 0 saturated carbocycles. The lowest BCUT2D eigenvalue weighted by Gasteiger charge is -2.25. The van der Waals surface area contributed by atoms with Gasteiger partial charge in [-0.05, 0) is 48.3 Å². The van der Waals surface area contributed by atoms with Crippen LogP contribution < -0.4 is 10.5 Å². The Morgan fingerprint density at radius 1 is 1.45 bits per heavy atom. The van der Waals surface area contributed by atoms with E-state index in [0.29, 0.717) is 6.42 Å². The molecule has 1 amide bonds. The van der Waals surface area contributed by atoms with Gasteiger partial charge in [-0.2, -0.15) is 0 Å². The zero-order chi connectivity index (χ0) is 15.7. The van der Waals surface area contributed by atoms with Gasteiger partial charge in [-0.1, -0.05) is 6.92 Å². The van der Waals surface area contributed by atoms with E-state index in [2.05, 4.69) is 21.2 Å². The maximum absolute atomic E-state index is 13.5. The van der Waals surface area contributed by atoms with Crippen LogP contribution in [-0.4, -0.2) is 19.9 Å². The average Bonchev–Trinajstić information content (AvgIpc) is 2.29. The third-order valence-corrected chi connectivity index (χ3v) is 4.94. The Morgan fingerprint density at radius 2 is 2.00 bits per heavy atom. The summed E-state index contributed by atoms with van der Waals surface area (Å²) >= 11 is 2.99. The Morgan fingerprint density at radius 3 is 2.45 bits per heavy atom. The minimum Gasteiger partial charge on any atom is -0.347 e. The van der Waals surface area contributed by atoms with Crippen molar-refractivity contribution in [3.8, 4) is 0 Å². The first-order chi connectivity index (χ1) is 8.98. The smallest absolute Gasteiger partial charge is 0.252 e. The molecular formula is C12H16BrFN2O3S. The first-order valence-corrected chi connectivity index (χ1v) is 8.16. The van der Waals surface area contributed by atoms with Crippen LogP contribution >= 0.6 is 15.9 Å². The molecule has 0 heterocycles. The number of hydrogen-bond acceptors (Lipinski definition) is 3. The molecule has 0 saturated heterocycles. The number of sulfonamides is 1.